The molecule has 0 bridgehead atoms. The van der Waals surface area contributed by atoms with E-state index in [1.165, 1.54) is 0 Å². The molecule has 0 N–H and O–H groups in total. The van der Waals surface area contributed by atoms with Crippen molar-refractivity contribution in [1.29, 1.82) is 0 Å². The fraction of sp³-hybridized carbons (Fsp3) is 0. The van der Waals surface area contributed by atoms with E-state index in [-0.39, 0.29) is 33.8 Å². The molecule has 12 heavy (non-hydrogen) atoms. The Bertz CT molecular complexity index is 213. The number of rotatable bonds is 0. The summed E-state index contributed by atoms with van der Waals surface area (Å²) in [6.07, 6.45) is 0. The first kappa shape index (κ1) is 23.0. The van der Waals surface area contributed by atoms with E-state index in [2.05, 4.69) is 0 Å². The largest absolute Gasteiger partial charge is 2.00 e. The smallest absolute Gasteiger partial charge is 0.759 e. The van der Waals surface area contributed by atoms with Crippen molar-refractivity contribution in [3.63, 3.8) is 0 Å². The van der Waals surface area contributed by atoms with Gasteiger partial charge < -0.3 is 18.2 Å². The number of hydrogen-bond donors (Lipinski definition) is 0. The van der Waals surface area contributed by atoms with E-state index in [1.54, 1.807) is 0 Å². The minimum atomic E-state index is -5.17. The van der Waals surface area contributed by atoms with Gasteiger partial charge in [-0.2, -0.15) is 0 Å². The van der Waals surface area contributed by atoms with Crippen LogP contribution in [0.2, 0.25) is 0 Å². The van der Waals surface area contributed by atoms with E-state index < -0.39 is 20.8 Å². The molecule has 2 radical (unpaired) electrons. The summed E-state index contributed by atoms with van der Waals surface area (Å²) >= 11 is 0. The van der Waals surface area contributed by atoms with Gasteiger partial charge in [0.15, 0.2) is 0 Å². The van der Waals surface area contributed by atoms with Crippen LogP contribution >= 0.6 is 0 Å². The Morgan fingerprint density at radius 2 is 0.667 bits per heavy atom. The molecular formula is CoCuO8S2. The monoisotopic (exact) mass is 314 g/mol. The van der Waals surface area contributed by atoms with E-state index in [1.807, 2.05) is 0 Å². The Balaban J connectivity index is -0.0000000457. The summed E-state index contributed by atoms with van der Waals surface area (Å²) in [5, 5.41) is 0. The van der Waals surface area contributed by atoms with Crippen LogP contribution in [0, 0.1) is 0 Å². The van der Waals surface area contributed by atoms with Gasteiger partial charge in [0, 0.05) is 20.8 Å². The van der Waals surface area contributed by atoms with E-state index in [9.17, 15) is 0 Å². The van der Waals surface area contributed by atoms with Gasteiger partial charge in [-0.3, -0.25) is 16.8 Å². The minimum Gasteiger partial charge on any atom is -0.759 e. The molecule has 0 aromatic carbocycles. The summed E-state index contributed by atoms with van der Waals surface area (Å²) < 4.78 is 68.2. The van der Waals surface area contributed by atoms with Crippen LogP contribution in [0.5, 0.6) is 0 Å². The molecule has 0 saturated heterocycles. The van der Waals surface area contributed by atoms with Gasteiger partial charge >= 0.3 is 33.8 Å². The second kappa shape index (κ2) is 8.37. The predicted molar refractivity (Wildman–Crippen MR) is 20.9 cm³/mol. The van der Waals surface area contributed by atoms with E-state index in [4.69, 9.17) is 35.0 Å². The minimum absolute atomic E-state index is 0. The quantitative estimate of drug-likeness (QED) is 0.265. The van der Waals surface area contributed by atoms with Crippen molar-refractivity contribution in [3.8, 4) is 0 Å². The van der Waals surface area contributed by atoms with Gasteiger partial charge in [-0.05, 0) is 0 Å². The molecule has 0 aromatic heterocycles. The Kier molecular flexibility index (Phi) is 16.0. The molecule has 0 aliphatic carbocycles. The summed E-state index contributed by atoms with van der Waals surface area (Å²) in [4.78, 5) is 0. The first-order valence-electron chi connectivity index (χ1n) is 1.33. The van der Waals surface area contributed by atoms with Crippen molar-refractivity contribution in [2.24, 2.45) is 0 Å². The molecule has 0 spiro atoms. The van der Waals surface area contributed by atoms with Crippen molar-refractivity contribution >= 4 is 20.8 Å². The maximum absolute atomic E-state index is 8.52. The van der Waals surface area contributed by atoms with Crippen molar-refractivity contribution in [3.05, 3.63) is 0 Å². The van der Waals surface area contributed by atoms with Gasteiger partial charge in [0.1, 0.15) is 0 Å². The third kappa shape index (κ3) is 1750. The van der Waals surface area contributed by atoms with Crippen molar-refractivity contribution in [2.45, 2.75) is 0 Å². The standard InChI is InChI=1S/Co.Cu.2H2O4S/c;;2*1-5(2,3)4/h;;2*(H2,1,2,3,4)/q2*+2;;/p-4. The molecule has 0 unspecified atom stereocenters. The van der Waals surface area contributed by atoms with E-state index in [0.717, 1.165) is 0 Å². The van der Waals surface area contributed by atoms with Gasteiger partial charge in [-0.15, -0.1) is 0 Å². The molecule has 0 amide bonds. The van der Waals surface area contributed by atoms with Gasteiger partial charge in [-0.1, -0.05) is 0 Å². The predicted octanol–water partition coefficient (Wildman–Crippen LogP) is -2.68. The van der Waals surface area contributed by atoms with Crippen molar-refractivity contribution < 1.29 is 68.9 Å². The normalized spacial score (nSPS) is 9.67. The van der Waals surface area contributed by atoms with Crippen LogP contribution in [0.3, 0.4) is 0 Å². The summed E-state index contributed by atoms with van der Waals surface area (Å²) in [6.45, 7) is 0. The van der Waals surface area contributed by atoms with E-state index in [0.29, 0.717) is 0 Å². The van der Waals surface area contributed by atoms with Crippen LogP contribution < -0.4 is 0 Å². The summed E-state index contributed by atoms with van der Waals surface area (Å²) in [5.74, 6) is 0. The summed E-state index contributed by atoms with van der Waals surface area (Å²) in [7, 11) is -10.3. The fourth-order valence-electron chi connectivity index (χ4n) is 0. The van der Waals surface area contributed by atoms with Crippen LogP contribution in [0.25, 0.3) is 0 Å². The third-order valence-electron chi connectivity index (χ3n) is 0. The first-order chi connectivity index (χ1) is 4.00. The van der Waals surface area contributed by atoms with Gasteiger partial charge in [-0.25, -0.2) is 0 Å². The first-order valence-corrected chi connectivity index (χ1v) is 4.00. The van der Waals surface area contributed by atoms with Crippen LogP contribution in [0.4, 0.5) is 0 Å². The molecule has 0 atom stereocenters. The van der Waals surface area contributed by atoms with Crippen LogP contribution in [-0.2, 0) is 54.6 Å². The third-order valence-corrected chi connectivity index (χ3v) is 0. The van der Waals surface area contributed by atoms with Crippen molar-refractivity contribution in [1.82, 2.24) is 0 Å². The van der Waals surface area contributed by atoms with Crippen LogP contribution in [0.1, 0.15) is 0 Å². The average Bonchev–Trinajstić information content (AvgIpc) is 1.12. The molecule has 0 heterocycles. The molecule has 12 heteroatoms. The SMILES string of the molecule is O=S(=O)([O-])[O-].O=S(=O)([O-])[O-].[Co+2].[Cu+2]. The second-order valence-corrected chi connectivity index (χ2v) is 2.45. The molecular weight excluding hydrogens is 315 g/mol. The van der Waals surface area contributed by atoms with Crippen LogP contribution in [-0.4, -0.2) is 35.0 Å². The molecule has 80 valence electrons. The summed E-state index contributed by atoms with van der Waals surface area (Å²) in [5.41, 5.74) is 0. The molecule has 0 rings (SSSR count). The average molecular weight is 315 g/mol. The second-order valence-electron chi connectivity index (χ2n) is 0.816. The maximum atomic E-state index is 8.52. The van der Waals surface area contributed by atoms with Crippen molar-refractivity contribution in [2.75, 3.05) is 0 Å². The zero-order valence-electron chi connectivity index (χ0n) is 4.72. The topological polar surface area (TPSA) is 161 Å². The molecule has 0 aromatic rings. The Morgan fingerprint density at radius 3 is 0.667 bits per heavy atom. The van der Waals surface area contributed by atoms with Crippen LogP contribution in [0.15, 0.2) is 0 Å². The molecule has 0 saturated carbocycles. The Morgan fingerprint density at radius 1 is 0.667 bits per heavy atom. The molecule has 0 fully saturated rings. The van der Waals surface area contributed by atoms with Gasteiger partial charge in [0.05, 0.1) is 0 Å². The zero-order valence-corrected chi connectivity index (χ0v) is 8.33. The Hall–Kier alpha value is 0.766. The van der Waals surface area contributed by atoms with Gasteiger partial charge in [0.25, 0.3) is 0 Å². The zero-order chi connectivity index (χ0) is 9.00. The summed E-state index contributed by atoms with van der Waals surface area (Å²) in [6, 6.07) is 0. The van der Waals surface area contributed by atoms with Gasteiger partial charge in [0.2, 0.25) is 0 Å². The molecule has 0 aliphatic heterocycles. The molecule has 0 aliphatic rings. The fourth-order valence-corrected chi connectivity index (χ4v) is 0. The number of hydrogen-bond acceptors (Lipinski definition) is 8. The maximum Gasteiger partial charge on any atom is 2.00 e. The Labute approximate surface area is 89.6 Å². The van der Waals surface area contributed by atoms with E-state index >= 15 is 0 Å². The molecule has 8 nitrogen and oxygen atoms in total.